The summed E-state index contributed by atoms with van der Waals surface area (Å²) in [6.45, 7) is 0. The summed E-state index contributed by atoms with van der Waals surface area (Å²) in [6.07, 6.45) is 1.92. The van der Waals surface area contributed by atoms with Gasteiger partial charge in [0.05, 0.1) is 11.4 Å². The van der Waals surface area contributed by atoms with Gasteiger partial charge in [-0.25, -0.2) is 0 Å². The molecule has 68 valence electrons. The lowest BCUT2D eigenvalue weighted by Crippen LogP contribution is -1.94. The summed E-state index contributed by atoms with van der Waals surface area (Å²) in [7, 11) is 0. The van der Waals surface area contributed by atoms with Gasteiger partial charge in [-0.05, 0) is 52.9 Å². The Morgan fingerprint density at radius 1 is 1.21 bits per heavy atom. The van der Waals surface area contributed by atoms with Crippen LogP contribution < -0.4 is 0 Å². The van der Waals surface area contributed by atoms with Crippen LogP contribution in [0.2, 0.25) is 0 Å². The Kier molecular flexibility index (Phi) is 1.58. The maximum atomic E-state index is 11.9. The second-order valence-corrected chi connectivity index (χ2v) is 4.50. The lowest BCUT2D eigenvalue weighted by Gasteiger charge is -2.00. The van der Waals surface area contributed by atoms with Crippen molar-refractivity contribution in [3.05, 3.63) is 51.4 Å². The van der Waals surface area contributed by atoms with E-state index in [2.05, 4.69) is 22.6 Å². The number of benzene rings is 1. The number of fused-ring (bicyclic) bond motifs is 3. The summed E-state index contributed by atoms with van der Waals surface area (Å²) >= 11 is 2.22. The zero-order chi connectivity index (χ0) is 9.71. The maximum Gasteiger partial charge on any atom is 0.211 e. The van der Waals surface area contributed by atoms with Gasteiger partial charge in [-0.3, -0.25) is 4.79 Å². The average molecular weight is 295 g/mol. The molecule has 0 bridgehead atoms. The Labute approximate surface area is 94.7 Å². The molecule has 3 heteroatoms. The standard InChI is InChI=1S/C11H6INO/c12-7-3-4-9-8(6-7)11(14)10-2-1-5-13(9)10/h1-6H. The third kappa shape index (κ3) is 0.930. The Morgan fingerprint density at radius 3 is 2.93 bits per heavy atom. The molecule has 0 unspecified atom stereocenters. The van der Waals surface area contributed by atoms with Gasteiger partial charge in [0.25, 0.3) is 0 Å². The van der Waals surface area contributed by atoms with E-state index in [1.807, 2.05) is 41.1 Å². The molecule has 0 atom stereocenters. The van der Waals surface area contributed by atoms with E-state index in [0.29, 0.717) is 0 Å². The summed E-state index contributed by atoms with van der Waals surface area (Å²) in [4.78, 5) is 11.9. The van der Waals surface area contributed by atoms with Crippen molar-refractivity contribution in [2.45, 2.75) is 0 Å². The van der Waals surface area contributed by atoms with Crippen molar-refractivity contribution in [2.75, 3.05) is 0 Å². The van der Waals surface area contributed by atoms with Gasteiger partial charge in [-0.15, -0.1) is 0 Å². The van der Waals surface area contributed by atoms with Crippen LogP contribution >= 0.6 is 22.6 Å². The molecule has 1 aliphatic rings. The van der Waals surface area contributed by atoms with Crippen LogP contribution in [0, 0.1) is 3.57 Å². The van der Waals surface area contributed by atoms with Crippen LogP contribution in [0.5, 0.6) is 0 Å². The van der Waals surface area contributed by atoms with Crippen LogP contribution in [0.25, 0.3) is 5.69 Å². The number of carbonyl (C=O) groups is 1. The van der Waals surface area contributed by atoms with E-state index in [9.17, 15) is 4.79 Å². The SMILES string of the molecule is O=C1c2cc(I)ccc2-n2cccc21. The predicted octanol–water partition coefficient (Wildman–Crippen LogP) is 2.63. The van der Waals surface area contributed by atoms with Gasteiger partial charge in [-0.1, -0.05) is 0 Å². The Morgan fingerprint density at radius 2 is 2.07 bits per heavy atom. The lowest BCUT2D eigenvalue weighted by atomic mass is 10.1. The van der Waals surface area contributed by atoms with Gasteiger partial charge in [0.2, 0.25) is 5.78 Å². The van der Waals surface area contributed by atoms with Gasteiger partial charge in [-0.2, -0.15) is 0 Å². The van der Waals surface area contributed by atoms with E-state index in [-0.39, 0.29) is 5.78 Å². The molecular weight excluding hydrogens is 289 g/mol. The van der Waals surface area contributed by atoms with Crippen molar-refractivity contribution >= 4 is 28.4 Å². The van der Waals surface area contributed by atoms with Crippen LogP contribution in [-0.4, -0.2) is 10.4 Å². The molecule has 0 N–H and O–H groups in total. The molecule has 14 heavy (non-hydrogen) atoms. The summed E-state index contributed by atoms with van der Waals surface area (Å²) in [5, 5.41) is 0. The molecule has 1 aromatic heterocycles. The average Bonchev–Trinajstić information content (AvgIpc) is 2.72. The molecule has 3 rings (SSSR count). The highest BCUT2D eigenvalue weighted by molar-refractivity contribution is 14.1. The molecule has 1 aromatic carbocycles. The Bertz CT molecular complexity index is 542. The van der Waals surface area contributed by atoms with Crippen molar-refractivity contribution in [3.63, 3.8) is 0 Å². The number of rotatable bonds is 0. The first-order valence-corrected chi connectivity index (χ1v) is 5.37. The smallest absolute Gasteiger partial charge is 0.211 e. The van der Waals surface area contributed by atoms with Gasteiger partial charge < -0.3 is 4.57 Å². The highest BCUT2D eigenvalue weighted by Gasteiger charge is 2.25. The van der Waals surface area contributed by atoms with Crippen LogP contribution in [0.3, 0.4) is 0 Å². The summed E-state index contributed by atoms with van der Waals surface area (Å²) in [5.41, 5.74) is 2.57. The van der Waals surface area contributed by atoms with Crippen molar-refractivity contribution in [1.82, 2.24) is 4.57 Å². The number of carbonyl (C=O) groups excluding carboxylic acids is 1. The van der Waals surface area contributed by atoms with Crippen molar-refractivity contribution < 1.29 is 4.79 Å². The number of aromatic nitrogens is 1. The number of nitrogens with zero attached hydrogens (tertiary/aromatic N) is 1. The molecule has 2 aromatic rings. The Balaban J connectivity index is 2.38. The minimum atomic E-state index is 0.128. The lowest BCUT2D eigenvalue weighted by molar-refractivity contribution is 0.104. The van der Waals surface area contributed by atoms with Gasteiger partial charge in [0, 0.05) is 15.3 Å². The van der Waals surface area contributed by atoms with E-state index in [1.54, 1.807) is 0 Å². The summed E-state index contributed by atoms with van der Waals surface area (Å²) in [6, 6.07) is 9.70. The number of ketones is 1. The van der Waals surface area contributed by atoms with Gasteiger partial charge >= 0.3 is 0 Å². The molecule has 2 nitrogen and oxygen atoms in total. The third-order valence-corrected chi connectivity index (χ3v) is 3.12. The molecule has 0 spiro atoms. The molecule has 0 saturated carbocycles. The quantitative estimate of drug-likeness (QED) is 0.584. The molecule has 0 radical (unpaired) electrons. The first kappa shape index (κ1) is 8.23. The first-order valence-electron chi connectivity index (χ1n) is 4.29. The van der Waals surface area contributed by atoms with Crippen molar-refractivity contribution in [1.29, 1.82) is 0 Å². The predicted molar refractivity (Wildman–Crippen MR) is 61.9 cm³/mol. The number of halogens is 1. The van der Waals surface area contributed by atoms with Gasteiger partial charge in [0.15, 0.2) is 0 Å². The van der Waals surface area contributed by atoms with E-state index in [0.717, 1.165) is 20.5 Å². The number of hydrogen-bond acceptors (Lipinski definition) is 1. The fourth-order valence-electron chi connectivity index (χ4n) is 1.81. The molecule has 1 aliphatic heterocycles. The van der Waals surface area contributed by atoms with E-state index < -0.39 is 0 Å². The summed E-state index contributed by atoms with van der Waals surface area (Å²) in [5.74, 6) is 0.128. The number of hydrogen-bond donors (Lipinski definition) is 0. The van der Waals surface area contributed by atoms with Crippen molar-refractivity contribution in [2.24, 2.45) is 0 Å². The molecule has 0 amide bonds. The second-order valence-electron chi connectivity index (χ2n) is 3.25. The zero-order valence-electron chi connectivity index (χ0n) is 7.20. The minimum absolute atomic E-state index is 0.128. The van der Waals surface area contributed by atoms with E-state index >= 15 is 0 Å². The monoisotopic (exact) mass is 295 g/mol. The van der Waals surface area contributed by atoms with Crippen LogP contribution in [-0.2, 0) is 0 Å². The highest BCUT2D eigenvalue weighted by Crippen LogP contribution is 2.28. The highest BCUT2D eigenvalue weighted by atomic mass is 127. The largest absolute Gasteiger partial charge is 0.313 e. The fourth-order valence-corrected chi connectivity index (χ4v) is 2.31. The normalized spacial score (nSPS) is 12.8. The van der Waals surface area contributed by atoms with Crippen molar-refractivity contribution in [3.8, 4) is 5.69 Å². The Hall–Kier alpha value is -1.10. The van der Waals surface area contributed by atoms with Crippen LogP contribution in [0.1, 0.15) is 16.1 Å². The third-order valence-electron chi connectivity index (χ3n) is 2.44. The molecule has 2 heterocycles. The van der Waals surface area contributed by atoms with Crippen LogP contribution in [0.15, 0.2) is 36.5 Å². The molecule has 0 fully saturated rings. The van der Waals surface area contributed by atoms with Gasteiger partial charge in [0.1, 0.15) is 0 Å². The van der Waals surface area contributed by atoms with Crippen LogP contribution in [0.4, 0.5) is 0 Å². The maximum absolute atomic E-state index is 11.9. The topological polar surface area (TPSA) is 22.0 Å². The first-order chi connectivity index (χ1) is 6.77. The zero-order valence-corrected chi connectivity index (χ0v) is 9.36. The molecule has 0 aliphatic carbocycles. The second kappa shape index (κ2) is 2.70. The van der Waals surface area contributed by atoms with E-state index in [1.165, 1.54) is 0 Å². The van der Waals surface area contributed by atoms with E-state index in [4.69, 9.17) is 0 Å². The fraction of sp³-hybridized carbons (Fsp3) is 0. The minimum Gasteiger partial charge on any atom is -0.313 e. The summed E-state index contributed by atoms with van der Waals surface area (Å²) < 4.78 is 3.04. The molecule has 0 saturated heterocycles. The molecular formula is C11H6INO.